The topological polar surface area (TPSA) is 75.6 Å². The minimum atomic E-state index is -0.313. The Morgan fingerprint density at radius 1 is 0.975 bits per heavy atom. The normalized spacial score (nSPS) is 11.0. The summed E-state index contributed by atoms with van der Waals surface area (Å²) in [6.07, 6.45) is 1.54. The van der Waals surface area contributed by atoms with Crippen LogP contribution in [0.1, 0.15) is 32.6 Å². The number of hydrogen-bond acceptors (Lipinski definition) is 6. The molecule has 0 unspecified atom stereocenters. The summed E-state index contributed by atoms with van der Waals surface area (Å²) < 4.78 is 5.85. The Morgan fingerprint density at radius 3 is 2.52 bits per heavy atom. The number of nitrogens with zero attached hydrogens (tertiary/aromatic N) is 2. The molecular weight excluding hydrogens is 540 g/mol. The number of aromatic nitrogens is 1. The van der Waals surface area contributed by atoms with Crippen molar-refractivity contribution in [2.24, 2.45) is 5.10 Å². The van der Waals surface area contributed by atoms with E-state index in [2.05, 4.69) is 46.0 Å². The molecule has 0 bridgehead atoms. The van der Waals surface area contributed by atoms with Gasteiger partial charge in [0, 0.05) is 22.2 Å². The number of halogens is 1. The van der Waals surface area contributed by atoms with E-state index in [1.54, 1.807) is 30.5 Å². The first-order chi connectivity index (χ1) is 19.4. The Labute approximate surface area is 242 Å². The van der Waals surface area contributed by atoms with Crippen LogP contribution in [-0.4, -0.2) is 17.1 Å². The van der Waals surface area contributed by atoms with E-state index in [0.29, 0.717) is 22.9 Å². The van der Waals surface area contributed by atoms with E-state index >= 15 is 0 Å². The summed E-state index contributed by atoms with van der Waals surface area (Å²) in [7, 11) is 0. The summed E-state index contributed by atoms with van der Waals surface area (Å²) in [5, 5.41) is 10.7. The van der Waals surface area contributed by atoms with E-state index in [0.717, 1.165) is 33.2 Å². The largest absolute Gasteiger partial charge is 0.487 e. The zero-order valence-electron chi connectivity index (χ0n) is 22.0. The smallest absolute Gasteiger partial charge is 0.271 e. The van der Waals surface area contributed by atoms with Crippen molar-refractivity contribution in [1.82, 2.24) is 10.4 Å². The van der Waals surface area contributed by atoms with Gasteiger partial charge < -0.3 is 10.1 Å². The number of aryl methyl sites for hydroxylation is 2. The molecule has 8 heteroatoms. The maximum absolute atomic E-state index is 12.6. The van der Waals surface area contributed by atoms with Crippen molar-refractivity contribution in [2.45, 2.75) is 20.5 Å². The van der Waals surface area contributed by atoms with E-state index in [4.69, 9.17) is 16.3 Å². The summed E-state index contributed by atoms with van der Waals surface area (Å²) >= 11 is 7.92. The number of carbonyl (C=O) groups is 1. The molecule has 0 aliphatic rings. The van der Waals surface area contributed by atoms with Crippen molar-refractivity contribution in [3.05, 3.63) is 129 Å². The second-order valence-corrected chi connectivity index (χ2v) is 10.5. The number of thiazole rings is 1. The molecule has 4 aromatic carbocycles. The Hall–Kier alpha value is -4.46. The van der Waals surface area contributed by atoms with Gasteiger partial charge >= 0.3 is 0 Å². The lowest BCUT2D eigenvalue weighted by Gasteiger charge is -2.09. The van der Waals surface area contributed by atoms with Gasteiger partial charge in [-0.05, 0) is 67.4 Å². The van der Waals surface area contributed by atoms with Gasteiger partial charge in [-0.15, -0.1) is 11.3 Å². The third-order valence-electron chi connectivity index (χ3n) is 6.06. The van der Waals surface area contributed by atoms with Gasteiger partial charge in [-0.3, -0.25) is 4.79 Å². The SMILES string of the molecule is Cc1ccc(Nc2nc(-c3ccc(C(=O)N/N=C\c4ccc(OCc5cccc(C)c5)c(Cl)c4)cc3)cs2)cc1. The quantitative estimate of drug-likeness (QED) is 0.139. The van der Waals surface area contributed by atoms with Crippen molar-refractivity contribution in [3.8, 4) is 17.0 Å². The Kier molecular flexibility index (Phi) is 8.54. The fourth-order valence-corrected chi connectivity index (χ4v) is 4.91. The standard InChI is InChI=1S/C32H27ClN4O2S/c1-21-6-13-27(14-7-21)35-32-36-29(20-40-32)25-9-11-26(12-10-25)31(38)37-34-18-23-8-15-30(28(33)17-23)39-19-24-5-3-4-22(2)16-24/h3-18,20H,19H2,1-2H3,(H,35,36)(H,37,38)/b34-18-. The lowest BCUT2D eigenvalue weighted by Crippen LogP contribution is -2.17. The minimum absolute atomic E-state index is 0.313. The third-order valence-corrected chi connectivity index (χ3v) is 7.12. The van der Waals surface area contributed by atoms with Gasteiger partial charge in [0.25, 0.3) is 5.91 Å². The summed E-state index contributed by atoms with van der Waals surface area (Å²) in [5.41, 5.74) is 10.0. The van der Waals surface area contributed by atoms with Gasteiger partial charge in [0.05, 0.1) is 16.9 Å². The lowest BCUT2D eigenvalue weighted by atomic mass is 10.1. The minimum Gasteiger partial charge on any atom is -0.487 e. The van der Waals surface area contributed by atoms with Crippen LogP contribution in [0, 0.1) is 13.8 Å². The van der Waals surface area contributed by atoms with Crippen LogP contribution in [0.3, 0.4) is 0 Å². The van der Waals surface area contributed by atoms with Gasteiger partial charge in [-0.2, -0.15) is 5.10 Å². The van der Waals surface area contributed by atoms with Gasteiger partial charge in [0.15, 0.2) is 5.13 Å². The average Bonchev–Trinajstić information content (AvgIpc) is 3.42. The van der Waals surface area contributed by atoms with E-state index in [1.165, 1.54) is 22.5 Å². The summed E-state index contributed by atoms with van der Waals surface area (Å²) in [4.78, 5) is 17.2. The molecule has 0 spiro atoms. The van der Waals surface area contributed by atoms with Crippen molar-refractivity contribution >= 4 is 45.9 Å². The molecule has 0 aliphatic carbocycles. The highest BCUT2D eigenvalue weighted by Gasteiger charge is 2.09. The van der Waals surface area contributed by atoms with Crippen LogP contribution in [0.25, 0.3) is 11.3 Å². The predicted molar refractivity (Wildman–Crippen MR) is 164 cm³/mol. The Balaban J connectivity index is 1.14. The molecule has 1 heterocycles. The molecule has 1 amide bonds. The number of hydrazone groups is 1. The van der Waals surface area contributed by atoms with Crippen LogP contribution in [0.15, 0.2) is 101 Å². The van der Waals surface area contributed by atoms with Crippen molar-refractivity contribution in [2.75, 3.05) is 5.32 Å². The van der Waals surface area contributed by atoms with Crippen LogP contribution in [0.5, 0.6) is 5.75 Å². The number of benzene rings is 4. The number of nitrogens with one attached hydrogen (secondary N) is 2. The second-order valence-electron chi connectivity index (χ2n) is 9.27. The molecule has 2 N–H and O–H groups in total. The van der Waals surface area contributed by atoms with Gasteiger partial charge in [0.1, 0.15) is 12.4 Å². The first-order valence-electron chi connectivity index (χ1n) is 12.6. The van der Waals surface area contributed by atoms with Crippen molar-refractivity contribution < 1.29 is 9.53 Å². The molecule has 40 heavy (non-hydrogen) atoms. The van der Waals surface area contributed by atoms with Gasteiger partial charge in [-0.25, -0.2) is 10.4 Å². The highest BCUT2D eigenvalue weighted by atomic mass is 35.5. The van der Waals surface area contributed by atoms with Crippen LogP contribution in [0.2, 0.25) is 5.02 Å². The molecule has 0 radical (unpaired) electrons. The number of rotatable bonds is 9. The molecule has 0 atom stereocenters. The maximum Gasteiger partial charge on any atom is 0.271 e. The highest BCUT2D eigenvalue weighted by molar-refractivity contribution is 7.14. The highest BCUT2D eigenvalue weighted by Crippen LogP contribution is 2.28. The zero-order chi connectivity index (χ0) is 27.9. The van der Waals surface area contributed by atoms with E-state index in [-0.39, 0.29) is 5.91 Å². The zero-order valence-corrected chi connectivity index (χ0v) is 23.6. The maximum atomic E-state index is 12.6. The van der Waals surface area contributed by atoms with Crippen LogP contribution < -0.4 is 15.5 Å². The fourth-order valence-electron chi connectivity index (χ4n) is 3.92. The second kappa shape index (κ2) is 12.6. The first kappa shape index (κ1) is 27.1. The van der Waals surface area contributed by atoms with E-state index < -0.39 is 0 Å². The molecule has 5 rings (SSSR count). The Morgan fingerprint density at radius 2 is 1.77 bits per heavy atom. The van der Waals surface area contributed by atoms with Crippen LogP contribution in [-0.2, 0) is 6.61 Å². The average molecular weight is 567 g/mol. The first-order valence-corrected chi connectivity index (χ1v) is 13.9. The van der Waals surface area contributed by atoms with Crippen molar-refractivity contribution in [1.29, 1.82) is 0 Å². The van der Waals surface area contributed by atoms with Gasteiger partial charge in [-0.1, -0.05) is 71.3 Å². The molecule has 0 aliphatic heterocycles. The molecule has 6 nitrogen and oxygen atoms in total. The molecule has 0 saturated carbocycles. The molecular formula is C32H27ClN4O2S. The van der Waals surface area contributed by atoms with Crippen LogP contribution in [0.4, 0.5) is 10.8 Å². The van der Waals surface area contributed by atoms with Gasteiger partial charge in [0.2, 0.25) is 0 Å². The number of amides is 1. The van der Waals surface area contributed by atoms with E-state index in [1.807, 2.05) is 60.8 Å². The molecule has 200 valence electrons. The number of hydrogen-bond donors (Lipinski definition) is 2. The fraction of sp³-hybridized carbons (Fsp3) is 0.0938. The summed E-state index contributed by atoms with van der Waals surface area (Å²) in [6, 6.07) is 28.9. The molecule has 0 fully saturated rings. The summed E-state index contributed by atoms with van der Waals surface area (Å²) in [6.45, 7) is 4.53. The Bertz CT molecular complexity index is 1650. The lowest BCUT2D eigenvalue weighted by molar-refractivity contribution is 0.0955. The monoisotopic (exact) mass is 566 g/mol. The molecule has 1 aromatic heterocycles. The number of ether oxygens (including phenoxy) is 1. The van der Waals surface area contributed by atoms with Crippen molar-refractivity contribution in [3.63, 3.8) is 0 Å². The predicted octanol–water partition coefficient (Wildman–Crippen LogP) is 8.17. The third kappa shape index (κ3) is 7.14. The summed E-state index contributed by atoms with van der Waals surface area (Å²) in [5.74, 6) is 0.273. The van der Waals surface area contributed by atoms with E-state index in [9.17, 15) is 4.79 Å². The molecule has 0 saturated heterocycles. The number of carbonyl (C=O) groups excluding carboxylic acids is 1. The number of anilines is 2. The van der Waals surface area contributed by atoms with Crippen LogP contribution >= 0.6 is 22.9 Å². The molecule has 5 aromatic rings.